The molecule has 2 aromatic heterocycles. The van der Waals surface area contributed by atoms with Gasteiger partial charge >= 0.3 is 6.03 Å². The van der Waals surface area contributed by atoms with Crippen LogP contribution in [0.1, 0.15) is 38.7 Å². The van der Waals surface area contributed by atoms with Gasteiger partial charge in [0.25, 0.3) is 5.56 Å². The molecule has 2 heterocycles. The summed E-state index contributed by atoms with van der Waals surface area (Å²) in [6.45, 7) is 5.63. The summed E-state index contributed by atoms with van der Waals surface area (Å²) < 4.78 is 7.31. The number of ether oxygens (including phenoxy) is 1. The van der Waals surface area contributed by atoms with E-state index in [4.69, 9.17) is 27.9 Å². The molecule has 5 rings (SSSR count). The van der Waals surface area contributed by atoms with Crippen molar-refractivity contribution in [2.45, 2.75) is 52.2 Å². The number of urea groups is 1. The van der Waals surface area contributed by atoms with Gasteiger partial charge in [-0.2, -0.15) is 5.10 Å². The first kappa shape index (κ1) is 29.6. The highest BCUT2D eigenvalue weighted by Crippen LogP contribution is 2.31. The van der Waals surface area contributed by atoms with Crippen LogP contribution in [-0.2, 0) is 13.1 Å². The first-order valence-corrected chi connectivity index (χ1v) is 14.7. The summed E-state index contributed by atoms with van der Waals surface area (Å²) in [5.74, 6) is 0.830. The van der Waals surface area contributed by atoms with Crippen LogP contribution in [0.5, 0.6) is 5.75 Å². The van der Waals surface area contributed by atoms with Crippen molar-refractivity contribution in [3.63, 3.8) is 0 Å². The van der Waals surface area contributed by atoms with Crippen LogP contribution in [0.3, 0.4) is 0 Å². The Bertz CT molecular complexity index is 1630. The molecule has 2 amide bonds. The van der Waals surface area contributed by atoms with Crippen molar-refractivity contribution in [1.29, 1.82) is 0 Å². The van der Waals surface area contributed by atoms with Gasteiger partial charge in [-0.3, -0.25) is 9.78 Å². The van der Waals surface area contributed by atoms with Gasteiger partial charge in [-0.15, -0.1) is 0 Å². The number of nitrogens with zero attached hydrogens (tertiary/aromatic N) is 3. The van der Waals surface area contributed by atoms with Crippen LogP contribution in [0.15, 0.2) is 65.7 Å². The van der Waals surface area contributed by atoms with Gasteiger partial charge in [-0.1, -0.05) is 48.3 Å². The molecule has 0 spiro atoms. The Kier molecular flexibility index (Phi) is 9.41. The highest BCUT2D eigenvalue weighted by atomic mass is 35.5. The lowest BCUT2D eigenvalue weighted by atomic mass is 9.99. The van der Waals surface area contributed by atoms with E-state index in [2.05, 4.69) is 45.1 Å². The molecule has 0 bridgehead atoms. The van der Waals surface area contributed by atoms with Crippen LogP contribution >= 0.6 is 23.2 Å². The van der Waals surface area contributed by atoms with Crippen LogP contribution < -0.4 is 26.2 Å². The number of aromatic nitrogens is 3. The number of carbonyl (C=O) groups excluding carboxylic acids is 1. The highest BCUT2D eigenvalue weighted by Gasteiger charge is 2.20. The van der Waals surface area contributed by atoms with E-state index in [1.54, 1.807) is 6.07 Å². The molecule has 0 atom stereocenters. The number of rotatable bonds is 11. The molecular weight excluding hydrogens is 575 g/mol. The van der Waals surface area contributed by atoms with Gasteiger partial charge in [-0.25, -0.2) is 9.48 Å². The van der Waals surface area contributed by atoms with Gasteiger partial charge in [0, 0.05) is 37.1 Å². The van der Waals surface area contributed by atoms with E-state index in [1.165, 1.54) is 29.9 Å². The fourth-order valence-electron chi connectivity index (χ4n) is 4.43. The van der Waals surface area contributed by atoms with Crippen LogP contribution in [0.2, 0.25) is 10.0 Å². The lowest BCUT2D eigenvalue weighted by Crippen LogP contribution is -2.29. The zero-order valence-corrected chi connectivity index (χ0v) is 24.9. The second-order valence-electron chi connectivity index (χ2n) is 10.1. The number of anilines is 2. The summed E-state index contributed by atoms with van der Waals surface area (Å²) in [5, 5.41) is 13.7. The Balaban J connectivity index is 1.45. The Morgan fingerprint density at radius 1 is 1.00 bits per heavy atom. The summed E-state index contributed by atoms with van der Waals surface area (Å²) in [4.78, 5) is 29.7. The van der Waals surface area contributed by atoms with E-state index in [-0.39, 0.29) is 21.4 Å². The fraction of sp³-hybridized carbons (Fsp3) is 0.290. The largest absolute Gasteiger partial charge is 0.494 e. The monoisotopic (exact) mass is 606 g/mol. The van der Waals surface area contributed by atoms with Crippen molar-refractivity contribution in [2.75, 3.05) is 17.2 Å². The molecule has 11 heteroatoms. The topological polar surface area (TPSA) is 110 Å². The van der Waals surface area contributed by atoms with Crippen molar-refractivity contribution in [1.82, 2.24) is 20.1 Å². The van der Waals surface area contributed by atoms with Crippen LogP contribution in [-0.4, -0.2) is 33.4 Å². The molecule has 2 aromatic carbocycles. The van der Waals surface area contributed by atoms with E-state index in [0.29, 0.717) is 24.9 Å². The minimum absolute atomic E-state index is 0.0643. The predicted molar refractivity (Wildman–Crippen MR) is 168 cm³/mol. The molecule has 218 valence electrons. The zero-order valence-electron chi connectivity index (χ0n) is 23.4. The maximum absolute atomic E-state index is 13.0. The second kappa shape index (κ2) is 13.4. The third-order valence-electron chi connectivity index (χ3n) is 6.72. The Labute approximate surface area is 254 Å². The molecule has 4 aromatic rings. The third kappa shape index (κ3) is 7.28. The van der Waals surface area contributed by atoms with Gasteiger partial charge in [-0.05, 0) is 73.2 Å². The molecule has 0 radical (unpaired) electrons. The van der Waals surface area contributed by atoms with Gasteiger partial charge in [0.05, 0.1) is 28.0 Å². The van der Waals surface area contributed by atoms with Crippen molar-refractivity contribution in [3.05, 3.63) is 86.9 Å². The SMILES string of the molecule is CCCOc1cc(CNC2CC2)cc(-c2cccc(-c3cc(NC(=O)Nc4c(Cl)cncc4Cl)c(=O)n(CC)n3)c2)c1. The Morgan fingerprint density at radius 2 is 1.76 bits per heavy atom. The van der Waals surface area contributed by atoms with E-state index in [0.717, 1.165) is 41.0 Å². The van der Waals surface area contributed by atoms with E-state index in [9.17, 15) is 9.59 Å². The summed E-state index contributed by atoms with van der Waals surface area (Å²) >= 11 is 12.3. The van der Waals surface area contributed by atoms with E-state index >= 15 is 0 Å². The first-order valence-electron chi connectivity index (χ1n) is 13.9. The van der Waals surface area contributed by atoms with Crippen molar-refractivity contribution in [2.24, 2.45) is 0 Å². The normalized spacial score (nSPS) is 12.7. The standard InChI is InChI=1S/C31H32Cl2N6O3/c1-3-10-42-24-12-19(16-35-23-8-9-23)11-22(14-24)20-6-5-7-21(13-20)27-15-28(30(40)39(4-2)38-27)36-31(41)37-29-25(32)17-34-18-26(29)33/h5-7,11-15,17-18,23,35H,3-4,8-10,16H2,1-2H3,(H2,34,36,37,41). The van der Waals surface area contributed by atoms with E-state index in [1.807, 2.05) is 37.3 Å². The zero-order chi connectivity index (χ0) is 29.6. The van der Waals surface area contributed by atoms with Crippen molar-refractivity contribution < 1.29 is 9.53 Å². The molecule has 0 saturated heterocycles. The fourth-order valence-corrected chi connectivity index (χ4v) is 4.88. The molecule has 42 heavy (non-hydrogen) atoms. The van der Waals surface area contributed by atoms with Gasteiger partial charge < -0.3 is 20.7 Å². The highest BCUT2D eigenvalue weighted by molar-refractivity contribution is 6.39. The number of halogens is 2. The Morgan fingerprint density at radius 3 is 2.48 bits per heavy atom. The molecule has 1 aliphatic carbocycles. The summed E-state index contributed by atoms with van der Waals surface area (Å²) in [6.07, 6.45) is 6.09. The number of benzene rings is 2. The molecule has 1 aliphatic rings. The molecule has 0 unspecified atom stereocenters. The smallest absolute Gasteiger partial charge is 0.323 e. The van der Waals surface area contributed by atoms with Gasteiger partial charge in [0.15, 0.2) is 0 Å². The average molecular weight is 608 g/mol. The number of nitrogens with one attached hydrogen (secondary N) is 3. The number of pyridine rings is 1. The maximum Gasteiger partial charge on any atom is 0.323 e. The molecule has 9 nitrogen and oxygen atoms in total. The lowest BCUT2D eigenvalue weighted by molar-refractivity contribution is 0.262. The molecule has 0 aliphatic heterocycles. The van der Waals surface area contributed by atoms with Crippen LogP contribution in [0, 0.1) is 0 Å². The van der Waals surface area contributed by atoms with Crippen molar-refractivity contribution >= 4 is 40.6 Å². The van der Waals surface area contributed by atoms with Crippen molar-refractivity contribution in [3.8, 4) is 28.1 Å². The third-order valence-corrected chi connectivity index (χ3v) is 7.29. The molecule has 1 saturated carbocycles. The molecule has 1 fully saturated rings. The minimum atomic E-state index is -0.674. The average Bonchev–Trinajstić information content (AvgIpc) is 3.83. The predicted octanol–water partition coefficient (Wildman–Crippen LogP) is 6.98. The van der Waals surface area contributed by atoms with Gasteiger partial charge in [0.1, 0.15) is 11.4 Å². The quantitative estimate of drug-likeness (QED) is 0.170. The van der Waals surface area contributed by atoms with Crippen LogP contribution in [0.25, 0.3) is 22.4 Å². The number of amides is 2. The lowest BCUT2D eigenvalue weighted by Gasteiger charge is -2.14. The number of aryl methyl sites for hydroxylation is 1. The summed E-state index contributed by atoms with van der Waals surface area (Å²) in [6, 6.07) is 15.7. The maximum atomic E-state index is 13.0. The van der Waals surface area contributed by atoms with Crippen LogP contribution in [0.4, 0.5) is 16.2 Å². The van der Waals surface area contributed by atoms with Gasteiger partial charge in [0.2, 0.25) is 0 Å². The molecule has 3 N–H and O–H groups in total. The summed E-state index contributed by atoms with van der Waals surface area (Å²) in [5.41, 5.74) is 4.29. The first-order chi connectivity index (χ1) is 20.3. The van der Waals surface area contributed by atoms with E-state index < -0.39 is 11.6 Å². The molecular formula is C31H32Cl2N6O3. The minimum Gasteiger partial charge on any atom is -0.494 e. The second-order valence-corrected chi connectivity index (χ2v) is 10.9. The number of carbonyl (C=O) groups is 1. The number of hydrogen-bond donors (Lipinski definition) is 3. The Hall–Kier alpha value is -3.92. The number of hydrogen-bond acceptors (Lipinski definition) is 6. The summed E-state index contributed by atoms with van der Waals surface area (Å²) in [7, 11) is 0.